The monoisotopic (exact) mass is 242 g/mol. The standard InChI is InChI=1S/C12H22N2OS/c1-3-5-10(11(13)16)12(15)14-8(2)9-6-4-7-9/h8-10H,3-7H2,1-2H3,(H2,13,16)(H,14,15). The minimum absolute atomic E-state index is 0.00810. The van der Waals surface area contributed by atoms with Gasteiger partial charge in [-0.25, -0.2) is 0 Å². The number of rotatable bonds is 6. The first kappa shape index (κ1) is 13.4. The molecule has 4 heteroatoms. The van der Waals surface area contributed by atoms with Gasteiger partial charge < -0.3 is 11.1 Å². The lowest BCUT2D eigenvalue weighted by Crippen LogP contribution is -2.46. The molecule has 0 saturated heterocycles. The van der Waals surface area contributed by atoms with Gasteiger partial charge in [0.15, 0.2) is 0 Å². The summed E-state index contributed by atoms with van der Waals surface area (Å²) in [7, 11) is 0. The topological polar surface area (TPSA) is 55.1 Å². The van der Waals surface area contributed by atoms with Crippen LogP contribution in [0.5, 0.6) is 0 Å². The summed E-state index contributed by atoms with van der Waals surface area (Å²) in [6.07, 6.45) is 5.42. The second-order valence-corrected chi connectivity index (χ2v) is 5.20. The minimum Gasteiger partial charge on any atom is -0.393 e. The Kier molecular flexibility index (Phi) is 5.19. The van der Waals surface area contributed by atoms with Gasteiger partial charge in [0.05, 0.1) is 10.9 Å². The number of hydrogen-bond acceptors (Lipinski definition) is 2. The molecule has 1 amide bonds. The van der Waals surface area contributed by atoms with Crippen LogP contribution in [-0.4, -0.2) is 16.9 Å². The zero-order chi connectivity index (χ0) is 12.1. The van der Waals surface area contributed by atoms with Gasteiger partial charge in [0, 0.05) is 6.04 Å². The number of carbonyl (C=O) groups is 1. The molecule has 16 heavy (non-hydrogen) atoms. The number of hydrogen-bond donors (Lipinski definition) is 2. The third-order valence-electron chi connectivity index (χ3n) is 3.46. The predicted molar refractivity (Wildman–Crippen MR) is 70.1 cm³/mol. The molecule has 0 spiro atoms. The molecule has 0 radical (unpaired) electrons. The quantitative estimate of drug-likeness (QED) is 0.700. The molecule has 1 aliphatic carbocycles. The van der Waals surface area contributed by atoms with E-state index in [9.17, 15) is 4.79 Å². The highest BCUT2D eigenvalue weighted by atomic mass is 32.1. The third-order valence-corrected chi connectivity index (χ3v) is 3.75. The van der Waals surface area contributed by atoms with Gasteiger partial charge in [-0.2, -0.15) is 0 Å². The van der Waals surface area contributed by atoms with E-state index in [0.29, 0.717) is 10.9 Å². The average Bonchev–Trinajstić information content (AvgIpc) is 2.09. The van der Waals surface area contributed by atoms with Crippen molar-refractivity contribution >= 4 is 23.1 Å². The number of carbonyl (C=O) groups excluding carboxylic acids is 1. The van der Waals surface area contributed by atoms with Gasteiger partial charge in [0.2, 0.25) is 5.91 Å². The van der Waals surface area contributed by atoms with Crippen molar-refractivity contribution in [3.05, 3.63) is 0 Å². The van der Waals surface area contributed by atoms with Crippen LogP contribution in [0.2, 0.25) is 0 Å². The largest absolute Gasteiger partial charge is 0.393 e. The van der Waals surface area contributed by atoms with Gasteiger partial charge in [-0.1, -0.05) is 32.0 Å². The van der Waals surface area contributed by atoms with Crippen molar-refractivity contribution in [2.75, 3.05) is 0 Å². The van der Waals surface area contributed by atoms with Crippen molar-refractivity contribution in [2.24, 2.45) is 17.6 Å². The summed E-state index contributed by atoms with van der Waals surface area (Å²) < 4.78 is 0. The molecule has 0 aromatic rings. The Bertz CT molecular complexity index is 264. The maximum atomic E-state index is 12.0. The van der Waals surface area contributed by atoms with Crippen molar-refractivity contribution in [3.63, 3.8) is 0 Å². The number of amides is 1. The fraction of sp³-hybridized carbons (Fsp3) is 0.833. The van der Waals surface area contributed by atoms with E-state index in [1.54, 1.807) is 0 Å². The maximum absolute atomic E-state index is 12.0. The van der Waals surface area contributed by atoms with Gasteiger partial charge in [-0.3, -0.25) is 4.79 Å². The van der Waals surface area contributed by atoms with Gasteiger partial charge in [0.1, 0.15) is 0 Å². The highest BCUT2D eigenvalue weighted by Crippen LogP contribution is 2.29. The van der Waals surface area contributed by atoms with Gasteiger partial charge in [0.25, 0.3) is 0 Å². The summed E-state index contributed by atoms with van der Waals surface area (Å²) in [6.45, 7) is 4.11. The van der Waals surface area contributed by atoms with Crippen molar-refractivity contribution in [3.8, 4) is 0 Å². The molecular formula is C12H22N2OS. The van der Waals surface area contributed by atoms with E-state index in [1.165, 1.54) is 19.3 Å². The van der Waals surface area contributed by atoms with Crippen LogP contribution in [0.15, 0.2) is 0 Å². The van der Waals surface area contributed by atoms with E-state index in [0.717, 1.165) is 12.8 Å². The molecule has 1 rings (SSSR count). The Labute approximate surface area is 103 Å². The minimum atomic E-state index is -0.289. The summed E-state index contributed by atoms with van der Waals surface area (Å²) in [4.78, 5) is 12.3. The molecule has 0 aromatic heterocycles. The summed E-state index contributed by atoms with van der Waals surface area (Å²) in [5.41, 5.74) is 5.59. The van der Waals surface area contributed by atoms with Crippen molar-refractivity contribution in [1.82, 2.24) is 5.32 Å². The molecule has 3 nitrogen and oxygen atoms in total. The lowest BCUT2D eigenvalue weighted by molar-refractivity contribution is -0.124. The molecule has 2 atom stereocenters. The van der Waals surface area contributed by atoms with Crippen LogP contribution in [0, 0.1) is 11.8 Å². The maximum Gasteiger partial charge on any atom is 0.230 e. The SMILES string of the molecule is CCCC(C(=O)NC(C)C1CCC1)C(N)=S. The van der Waals surface area contributed by atoms with E-state index < -0.39 is 0 Å². The molecule has 0 heterocycles. The smallest absolute Gasteiger partial charge is 0.230 e. The first-order valence-corrected chi connectivity index (χ1v) is 6.56. The first-order chi connectivity index (χ1) is 7.56. The second-order valence-electron chi connectivity index (χ2n) is 4.73. The van der Waals surface area contributed by atoms with E-state index in [2.05, 4.69) is 12.2 Å². The molecular weight excluding hydrogens is 220 g/mol. The van der Waals surface area contributed by atoms with Crippen molar-refractivity contribution in [2.45, 2.75) is 52.0 Å². The van der Waals surface area contributed by atoms with Crippen LogP contribution < -0.4 is 11.1 Å². The third kappa shape index (κ3) is 3.44. The number of nitrogens with two attached hydrogens (primary N) is 1. The summed E-state index contributed by atoms with van der Waals surface area (Å²) in [5, 5.41) is 3.04. The summed E-state index contributed by atoms with van der Waals surface area (Å²) in [6, 6.07) is 0.259. The predicted octanol–water partition coefficient (Wildman–Crippen LogP) is 1.99. The number of nitrogens with one attached hydrogen (secondary N) is 1. The average molecular weight is 242 g/mol. The van der Waals surface area contributed by atoms with Crippen LogP contribution in [0.3, 0.4) is 0 Å². The summed E-state index contributed by atoms with van der Waals surface area (Å²) in [5.74, 6) is 0.369. The van der Waals surface area contributed by atoms with Gasteiger partial charge >= 0.3 is 0 Å². The van der Waals surface area contributed by atoms with Crippen molar-refractivity contribution in [1.29, 1.82) is 0 Å². The normalized spacial score (nSPS) is 19.6. The first-order valence-electron chi connectivity index (χ1n) is 6.16. The fourth-order valence-electron chi connectivity index (χ4n) is 2.07. The van der Waals surface area contributed by atoms with Crippen molar-refractivity contribution < 1.29 is 4.79 Å². The molecule has 0 aromatic carbocycles. The lowest BCUT2D eigenvalue weighted by atomic mass is 9.80. The zero-order valence-electron chi connectivity index (χ0n) is 10.2. The molecule has 2 unspecified atom stereocenters. The Morgan fingerprint density at radius 3 is 2.56 bits per heavy atom. The van der Waals surface area contributed by atoms with E-state index >= 15 is 0 Å². The Hall–Kier alpha value is -0.640. The molecule has 1 saturated carbocycles. The summed E-state index contributed by atoms with van der Waals surface area (Å²) >= 11 is 4.94. The second kappa shape index (κ2) is 6.18. The van der Waals surface area contributed by atoms with Gasteiger partial charge in [-0.05, 0) is 32.1 Å². The Balaban J connectivity index is 2.44. The van der Waals surface area contributed by atoms with Crippen LogP contribution in [0.25, 0.3) is 0 Å². The molecule has 92 valence electrons. The van der Waals surface area contributed by atoms with Gasteiger partial charge in [-0.15, -0.1) is 0 Å². The Morgan fingerprint density at radius 2 is 2.19 bits per heavy atom. The molecule has 1 aliphatic rings. The van der Waals surface area contributed by atoms with Crippen LogP contribution >= 0.6 is 12.2 Å². The zero-order valence-corrected chi connectivity index (χ0v) is 11.0. The fourth-order valence-corrected chi connectivity index (χ4v) is 2.30. The van der Waals surface area contributed by atoms with E-state index in [-0.39, 0.29) is 17.9 Å². The molecule has 0 aliphatic heterocycles. The molecule has 0 bridgehead atoms. The van der Waals surface area contributed by atoms with Crippen LogP contribution in [-0.2, 0) is 4.79 Å². The molecule has 1 fully saturated rings. The number of thiocarbonyl (C=S) groups is 1. The highest BCUT2D eigenvalue weighted by molar-refractivity contribution is 7.80. The highest BCUT2D eigenvalue weighted by Gasteiger charge is 2.28. The molecule has 3 N–H and O–H groups in total. The lowest BCUT2D eigenvalue weighted by Gasteiger charge is -2.32. The van der Waals surface area contributed by atoms with Crippen LogP contribution in [0.1, 0.15) is 46.0 Å². The Morgan fingerprint density at radius 1 is 1.56 bits per heavy atom. The van der Waals surface area contributed by atoms with Crippen LogP contribution in [0.4, 0.5) is 0 Å². The van der Waals surface area contributed by atoms with E-state index in [4.69, 9.17) is 18.0 Å². The van der Waals surface area contributed by atoms with E-state index in [1.807, 2.05) is 6.92 Å².